The van der Waals surface area contributed by atoms with E-state index >= 15 is 0 Å². The van der Waals surface area contributed by atoms with E-state index in [-0.39, 0.29) is 11.8 Å². The number of nitrogens with one attached hydrogen (secondary N) is 1. The van der Waals surface area contributed by atoms with Crippen molar-refractivity contribution in [1.82, 2.24) is 20.0 Å². The van der Waals surface area contributed by atoms with Crippen molar-refractivity contribution in [3.8, 4) is 0 Å². The highest BCUT2D eigenvalue weighted by molar-refractivity contribution is 5.78. The fourth-order valence-corrected chi connectivity index (χ4v) is 3.47. The third-order valence-electron chi connectivity index (χ3n) is 5.29. The van der Waals surface area contributed by atoms with Gasteiger partial charge in [-0.2, -0.15) is 0 Å². The van der Waals surface area contributed by atoms with E-state index in [1.165, 1.54) is 5.56 Å². The van der Waals surface area contributed by atoms with Gasteiger partial charge in [-0.25, -0.2) is 0 Å². The van der Waals surface area contributed by atoms with Crippen molar-refractivity contribution < 1.29 is 14.3 Å². The van der Waals surface area contributed by atoms with Crippen LogP contribution in [-0.2, 0) is 20.9 Å². The van der Waals surface area contributed by atoms with Crippen molar-refractivity contribution >= 4 is 11.8 Å². The second-order valence-corrected chi connectivity index (χ2v) is 7.25. The Morgan fingerprint density at radius 3 is 2.26 bits per heavy atom. The van der Waals surface area contributed by atoms with E-state index in [0.717, 1.165) is 31.7 Å². The number of rotatable bonds is 6. The summed E-state index contributed by atoms with van der Waals surface area (Å²) in [5, 5.41) is 3.01. The van der Waals surface area contributed by atoms with Crippen LogP contribution in [0.15, 0.2) is 24.3 Å². The molecule has 7 heteroatoms. The summed E-state index contributed by atoms with van der Waals surface area (Å²) in [7, 11) is 0. The maximum Gasteiger partial charge on any atom is 0.236 e. The van der Waals surface area contributed by atoms with Crippen LogP contribution in [0, 0.1) is 6.92 Å². The van der Waals surface area contributed by atoms with Crippen LogP contribution < -0.4 is 5.32 Å². The molecule has 0 aromatic heterocycles. The monoisotopic (exact) mass is 374 g/mol. The lowest BCUT2D eigenvalue weighted by molar-refractivity contribution is -0.137. The Balaban J connectivity index is 1.34. The molecule has 2 amide bonds. The first-order valence-electron chi connectivity index (χ1n) is 9.73. The molecule has 0 unspecified atom stereocenters. The first-order valence-corrected chi connectivity index (χ1v) is 9.73. The summed E-state index contributed by atoms with van der Waals surface area (Å²) in [4.78, 5) is 30.8. The van der Waals surface area contributed by atoms with Crippen LogP contribution in [0.1, 0.15) is 11.1 Å². The molecule has 2 aliphatic rings. The first kappa shape index (κ1) is 19.8. The smallest absolute Gasteiger partial charge is 0.236 e. The molecule has 2 heterocycles. The Morgan fingerprint density at radius 1 is 0.963 bits per heavy atom. The van der Waals surface area contributed by atoms with Crippen LogP contribution >= 0.6 is 0 Å². The lowest BCUT2D eigenvalue weighted by atomic mass is 10.1. The second-order valence-electron chi connectivity index (χ2n) is 7.25. The molecule has 2 fully saturated rings. The summed E-state index contributed by atoms with van der Waals surface area (Å²) < 4.78 is 5.29. The number of aryl methyl sites for hydroxylation is 1. The van der Waals surface area contributed by atoms with Gasteiger partial charge in [0, 0.05) is 45.8 Å². The number of benzene rings is 1. The summed E-state index contributed by atoms with van der Waals surface area (Å²) in [6, 6.07) is 8.09. The number of piperazine rings is 1. The van der Waals surface area contributed by atoms with Crippen molar-refractivity contribution in [2.45, 2.75) is 13.5 Å². The second kappa shape index (κ2) is 9.82. The van der Waals surface area contributed by atoms with E-state index in [2.05, 4.69) is 28.1 Å². The van der Waals surface area contributed by atoms with Crippen LogP contribution in [0.5, 0.6) is 0 Å². The summed E-state index contributed by atoms with van der Waals surface area (Å²) in [5.41, 5.74) is 2.34. The Hall–Kier alpha value is -1.96. The molecule has 0 radical (unpaired) electrons. The number of hydrogen-bond acceptors (Lipinski definition) is 5. The van der Waals surface area contributed by atoms with Crippen LogP contribution in [0.2, 0.25) is 0 Å². The van der Waals surface area contributed by atoms with Gasteiger partial charge in [0.1, 0.15) is 0 Å². The van der Waals surface area contributed by atoms with Crippen molar-refractivity contribution in [3.63, 3.8) is 0 Å². The zero-order valence-electron chi connectivity index (χ0n) is 16.2. The normalized spacial score (nSPS) is 19.1. The molecule has 0 saturated carbocycles. The Labute approximate surface area is 161 Å². The number of nitrogens with zero attached hydrogens (tertiary/aromatic N) is 3. The quantitative estimate of drug-likeness (QED) is 0.765. The third kappa shape index (κ3) is 6.02. The van der Waals surface area contributed by atoms with Crippen molar-refractivity contribution in [2.75, 3.05) is 65.6 Å². The minimum Gasteiger partial charge on any atom is -0.378 e. The van der Waals surface area contributed by atoms with Gasteiger partial charge >= 0.3 is 0 Å². The lowest BCUT2D eigenvalue weighted by Crippen LogP contribution is -2.52. The largest absolute Gasteiger partial charge is 0.378 e. The molecular formula is C20H30N4O3. The van der Waals surface area contributed by atoms with Crippen LogP contribution in [0.3, 0.4) is 0 Å². The minimum atomic E-state index is 0.0519. The van der Waals surface area contributed by atoms with Crippen LogP contribution in [0.25, 0.3) is 0 Å². The molecule has 1 aromatic rings. The van der Waals surface area contributed by atoms with E-state index < -0.39 is 0 Å². The highest BCUT2D eigenvalue weighted by Crippen LogP contribution is 2.07. The molecule has 2 saturated heterocycles. The van der Waals surface area contributed by atoms with Crippen LogP contribution in [-0.4, -0.2) is 92.1 Å². The summed E-state index contributed by atoms with van der Waals surface area (Å²) in [6.45, 7) is 9.43. The average Bonchev–Trinajstić information content (AvgIpc) is 2.69. The third-order valence-corrected chi connectivity index (χ3v) is 5.29. The van der Waals surface area contributed by atoms with Gasteiger partial charge in [-0.3, -0.25) is 19.4 Å². The van der Waals surface area contributed by atoms with Crippen LogP contribution in [0.4, 0.5) is 0 Å². The SMILES string of the molecule is Cc1ccccc1CNC(=O)CN1CCN(CC(=O)N2CCOCC2)CC1. The van der Waals surface area contributed by atoms with Gasteiger partial charge in [-0.1, -0.05) is 24.3 Å². The van der Waals surface area contributed by atoms with Gasteiger partial charge in [0.25, 0.3) is 0 Å². The molecule has 3 rings (SSSR count). The maximum absolute atomic E-state index is 12.3. The average molecular weight is 374 g/mol. The molecule has 1 aromatic carbocycles. The number of morpholine rings is 1. The molecule has 0 aliphatic carbocycles. The predicted octanol–water partition coefficient (Wildman–Crippen LogP) is 0.0876. The van der Waals surface area contributed by atoms with E-state index in [0.29, 0.717) is 45.9 Å². The number of amides is 2. The van der Waals surface area contributed by atoms with Crippen molar-refractivity contribution in [1.29, 1.82) is 0 Å². The van der Waals surface area contributed by atoms with E-state index in [4.69, 9.17) is 4.74 Å². The van der Waals surface area contributed by atoms with E-state index in [1.54, 1.807) is 0 Å². The minimum absolute atomic E-state index is 0.0519. The number of ether oxygens (including phenoxy) is 1. The van der Waals surface area contributed by atoms with Crippen molar-refractivity contribution in [3.05, 3.63) is 35.4 Å². The van der Waals surface area contributed by atoms with Gasteiger partial charge in [0.2, 0.25) is 11.8 Å². The molecule has 1 N–H and O–H groups in total. The molecule has 0 bridgehead atoms. The first-order chi connectivity index (χ1) is 13.1. The molecule has 7 nitrogen and oxygen atoms in total. The topological polar surface area (TPSA) is 65.1 Å². The fraction of sp³-hybridized carbons (Fsp3) is 0.600. The molecular weight excluding hydrogens is 344 g/mol. The number of carbonyl (C=O) groups is 2. The standard InChI is InChI=1S/C20H30N4O3/c1-17-4-2-3-5-18(17)14-21-19(25)15-22-6-8-23(9-7-22)16-20(26)24-10-12-27-13-11-24/h2-5H,6-16H2,1H3,(H,21,25). The Bertz CT molecular complexity index is 638. The zero-order chi connectivity index (χ0) is 19.1. The molecule has 0 spiro atoms. The molecule has 2 aliphatic heterocycles. The van der Waals surface area contributed by atoms with Gasteiger partial charge in [-0.15, -0.1) is 0 Å². The molecule has 27 heavy (non-hydrogen) atoms. The molecule has 0 atom stereocenters. The highest BCUT2D eigenvalue weighted by Gasteiger charge is 2.23. The molecule has 148 valence electrons. The van der Waals surface area contributed by atoms with E-state index in [9.17, 15) is 9.59 Å². The fourth-order valence-electron chi connectivity index (χ4n) is 3.47. The van der Waals surface area contributed by atoms with Gasteiger partial charge in [-0.05, 0) is 18.1 Å². The number of hydrogen-bond donors (Lipinski definition) is 1. The zero-order valence-corrected chi connectivity index (χ0v) is 16.2. The summed E-state index contributed by atoms with van der Waals surface area (Å²) in [6.07, 6.45) is 0. The highest BCUT2D eigenvalue weighted by atomic mass is 16.5. The predicted molar refractivity (Wildman–Crippen MR) is 103 cm³/mol. The Kier molecular flexibility index (Phi) is 7.20. The summed E-state index contributed by atoms with van der Waals surface area (Å²) >= 11 is 0. The number of carbonyl (C=O) groups excluding carboxylic acids is 2. The maximum atomic E-state index is 12.3. The Morgan fingerprint density at radius 2 is 1.59 bits per heavy atom. The van der Waals surface area contributed by atoms with Gasteiger partial charge < -0.3 is 15.0 Å². The van der Waals surface area contributed by atoms with Gasteiger partial charge in [0.05, 0.1) is 26.3 Å². The van der Waals surface area contributed by atoms with E-state index in [1.807, 2.05) is 23.1 Å². The lowest BCUT2D eigenvalue weighted by Gasteiger charge is -2.35. The summed E-state index contributed by atoms with van der Waals surface area (Å²) in [5.74, 6) is 0.235. The van der Waals surface area contributed by atoms with Gasteiger partial charge in [0.15, 0.2) is 0 Å². The van der Waals surface area contributed by atoms with Crippen molar-refractivity contribution in [2.24, 2.45) is 0 Å².